The van der Waals surface area contributed by atoms with E-state index in [9.17, 15) is 5.11 Å². The van der Waals surface area contributed by atoms with Crippen LogP contribution in [0.4, 0.5) is 0 Å². The first-order valence-electron chi connectivity index (χ1n) is 17.1. The van der Waals surface area contributed by atoms with Crippen LogP contribution in [-0.4, -0.2) is 30.5 Å². The fourth-order valence-electron chi connectivity index (χ4n) is 5.51. The Labute approximate surface area is 243 Å². The van der Waals surface area contributed by atoms with Gasteiger partial charge in [0.25, 0.3) is 0 Å². The van der Waals surface area contributed by atoms with Gasteiger partial charge in [0.15, 0.2) is 0 Å². The quantitative estimate of drug-likeness (QED) is 0.106. The van der Waals surface area contributed by atoms with Crippen LogP contribution in [-0.2, 0) is 22.3 Å². The number of hydrogen-bond donors (Lipinski definition) is 1. The molecule has 2 atom stereocenters. The van der Waals surface area contributed by atoms with E-state index < -0.39 is 0 Å². The zero-order valence-corrected chi connectivity index (χ0v) is 26.6. The maximum Gasteiger partial charge on any atom is 0.119 e. The Kier molecular flexibility index (Phi) is 23.9. The minimum absolute atomic E-state index is 0.110. The smallest absolute Gasteiger partial charge is 0.119 e. The average Bonchev–Trinajstić information content (AvgIpc) is 2.92. The summed E-state index contributed by atoms with van der Waals surface area (Å²) in [5, 5.41) is 10.6. The molecule has 0 radical (unpaired) electrons. The highest BCUT2D eigenvalue weighted by Crippen LogP contribution is 2.25. The molecule has 0 bridgehead atoms. The first kappa shape index (κ1) is 36.0. The van der Waals surface area contributed by atoms with Gasteiger partial charge in [-0.3, -0.25) is 0 Å². The molecule has 1 aromatic carbocycles. The topological polar surface area (TPSA) is 38.7 Å². The Morgan fingerprint density at radius 1 is 0.538 bits per heavy atom. The molecule has 0 fully saturated rings. The van der Waals surface area contributed by atoms with Crippen LogP contribution in [0.2, 0.25) is 0 Å². The minimum atomic E-state index is 0.110. The fourth-order valence-corrected chi connectivity index (χ4v) is 5.51. The zero-order valence-electron chi connectivity index (χ0n) is 26.6. The van der Waals surface area contributed by atoms with Crippen molar-refractivity contribution < 1.29 is 14.6 Å². The minimum Gasteiger partial charge on any atom is -0.508 e. The molecule has 1 rings (SSSR count). The van der Waals surface area contributed by atoms with Crippen molar-refractivity contribution in [1.82, 2.24) is 0 Å². The summed E-state index contributed by atoms with van der Waals surface area (Å²) in [5.74, 6) is 0.392. The molecule has 228 valence electrons. The molecule has 0 heterocycles. The maximum absolute atomic E-state index is 10.6. The third kappa shape index (κ3) is 20.5. The molecular formula is C36H66O3. The Hall–Kier alpha value is -1.06. The normalized spacial score (nSPS) is 13.1. The molecule has 39 heavy (non-hydrogen) atoms. The molecule has 3 heteroatoms. The number of ether oxygens (including phenoxy) is 2. The van der Waals surface area contributed by atoms with E-state index in [-0.39, 0.29) is 12.2 Å². The number of benzene rings is 1. The lowest BCUT2D eigenvalue weighted by Crippen LogP contribution is -2.17. The van der Waals surface area contributed by atoms with Crippen LogP contribution in [0.25, 0.3) is 0 Å². The van der Waals surface area contributed by atoms with E-state index in [2.05, 4.69) is 33.8 Å². The van der Waals surface area contributed by atoms with E-state index in [4.69, 9.17) is 9.47 Å². The lowest BCUT2D eigenvalue weighted by Gasteiger charge is -2.19. The van der Waals surface area contributed by atoms with E-state index in [1.54, 1.807) is 0 Å². The van der Waals surface area contributed by atoms with Crippen molar-refractivity contribution in [2.75, 3.05) is 13.2 Å². The lowest BCUT2D eigenvalue weighted by atomic mass is 9.97. The predicted octanol–water partition coefficient (Wildman–Crippen LogP) is 11.1. The Morgan fingerprint density at radius 3 is 1.36 bits per heavy atom. The Morgan fingerprint density at radius 2 is 0.923 bits per heavy atom. The van der Waals surface area contributed by atoms with E-state index in [0.29, 0.717) is 5.75 Å². The second kappa shape index (κ2) is 25.9. The van der Waals surface area contributed by atoms with Gasteiger partial charge in [0.05, 0.1) is 12.2 Å². The van der Waals surface area contributed by atoms with Gasteiger partial charge in [-0.1, -0.05) is 142 Å². The largest absolute Gasteiger partial charge is 0.508 e. The lowest BCUT2D eigenvalue weighted by molar-refractivity contribution is 0.0594. The van der Waals surface area contributed by atoms with Crippen LogP contribution >= 0.6 is 0 Å². The van der Waals surface area contributed by atoms with Gasteiger partial charge in [0, 0.05) is 19.6 Å². The van der Waals surface area contributed by atoms with Crippen molar-refractivity contribution in [2.45, 2.75) is 181 Å². The van der Waals surface area contributed by atoms with Crippen molar-refractivity contribution in [3.05, 3.63) is 29.3 Å². The number of aromatic hydroxyl groups is 1. The third-order valence-electron chi connectivity index (χ3n) is 8.05. The Balaban J connectivity index is 2.18. The van der Waals surface area contributed by atoms with Crippen LogP contribution < -0.4 is 0 Å². The van der Waals surface area contributed by atoms with Gasteiger partial charge in [-0.15, -0.1) is 0 Å². The molecule has 0 aromatic heterocycles. The molecule has 2 unspecified atom stereocenters. The summed E-state index contributed by atoms with van der Waals surface area (Å²) >= 11 is 0. The van der Waals surface area contributed by atoms with Crippen molar-refractivity contribution >= 4 is 0 Å². The maximum atomic E-state index is 10.6. The van der Waals surface area contributed by atoms with E-state index in [1.165, 1.54) is 121 Å². The molecule has 0 amide bonds. The predicted molar refractivity (Wildman–Crippen MR) is 170 cm³/mol. The van der Waals surface area contributed by atoms with Crippen molar-refractivity contribution in [2.24, 2.45) is 0 Å². The number of hydrogen-bond acceptors (Lipinski definition) is 3. The van der Waals surface area contributed by atoms with Crippen molar-refractivity contribution in [3.63, 3.8) is 0 Å². The Bertz CT molecular complexity index is 659. The molecule has 0 aliphatic carbocycles. The van der Waals surface area contributed by atoms with Crippen LogP contribution in [0.15, 0.2) is 18.2 Å². The molecule has 1 aromatic rings. The van der Waals surface area contributed by atoms with Gasteiger partial charge < -0.3 is 14.6 Å². The molecule has 3 nitrogen and oxygen atoms in total. The summed E-state index contributed by atoms with van der Waals surface area (Å²) in [4.78, 5) is 0. The number of rotatable bonds is 28. The fraction of sp³-hybridized carbons (Fsp3) is 0.833. The molecule has 0 saturated heterocycles. The van der Waals surface area contributed by atoms with Gasteiger partial charge in [0.2, 0.25) is 0 Å². The second-order valence-corrected chi connectivity index (χ2v) is 12.0. The summed E-state index contributed by atoms with van der Waals surface area (Å²) < 4.78 is 12.3. The first-order chi connectivity index (χ1) is 19.1. The van der Waals surface area contributed by atoms with Crippen LogP contribution in [0, 0.1) is 0 Å². The standard InChI is InChI=1S/C36H66O3/c1-5-7-9-11-13-15-17-19-21-23-28-38-32(3)30-34-26-25-27-36(37)35(34)31-33(4)39-29-24-22-20-18-16-14-12-10-8-6-2/h25-27,32-33,37H,5-24,28-31H2,1-4H3. The SMILES string of the molecule is CCCCCCCCCCCCOC(C)Cc1cccc(O)c1CC(C)OCCCCCCCCCCCC. The van der Waals surface area contributed by atoms with Crippen molar-refractivity contribution in [1.29, 1.82) is 0 Å². The highest BCUT2D eigenvalue weighted by atomic mass is 16.5. The van der Waals surface area contributed by atoms with Gasteiger partial charge in [0.1, 0.15) is 5.75 Å². The van der Waals surface area contributed by atoms with E-state index >= 15 is 0 Å². The van der Waals surface area contributed by atoms with Crippen LogP contribution in [0.1, 0.15) is 167 Å². The van der Waals surface area contributed by atoms with Gasteiger partial charge in [-0.2, -0.15) is 0 Å². The zero-order chi connectivity index (χ0) is 28.4. The molecular weight excluding hydrogens is 480 g/mol. The monoisotopic (exact) mass is 547 g/mol. The number of phenols is 1. The van der Waals surface area contributed by atoms with Crippen LogP contribution in [0.5, 0.6) is 5.75 Å². The molecule has 0 saturated carbocycles. The van der Waals surface area contributed by atoms with E-state index in [0.717, 1.165) is 44.5 Å². The molecule has 0 aliphatic heterocycles. The average molecular weight is 547 g/mol. The van der Waals surface area contributed by atoms with E-state index in [1.807, 2.05) is 12.1 Å². The molecule has 0 aliphatic rings. The summed E-state index contributed by atoms with van der Waals surface area (Å²) in [6.45, 7) is 10.5. The first-order valence-corrected chi connectivity index (χ1v) is 17.1. The molecule has 1 N–H and O–H groups in total. The van der Waals surface area contributed by atoms with Crippen LogP contribution in [0.3, 0.4) is 0 Å². The third-order valence-corrected chi connectivity index (χ3v) is 8.05. The van der Waals surface area contributed by atoms with Gasteiger partial charge in [-0.05, 0) is 50.3 Å². The van der Waals surface area contributed by atoms with Gasteiger partial charge >= 0.3 is 0 Å². The highest BCUT2D eigenvalue weighted by Gasteiger charge is 2.15. The molecule has 0 spiro atoms. The summed E-state index contributed by atoms with van der Waals surface area (Å²) in [5.41, 5.74) is 2.22. The number of phenolic OH excluding ortho intramolecular Hbond substituents is 1. The van der Waals surface area contributed by atoms with Crippen molar-refractivity contribution in [3.8, 4) is 5.75 Å². The van der Waals surface area contributed by atoms with Gasteiger partial charge in [-0.25, -0.2) is 0 Å². The summed E-state index contributed by atoms with van der Waals surface area (Å²) in [7, 11) is 0. The summed E-state index contributed by atoms with van der Waals surface area (Å²) in [6, 6.07) is 5.91. The summed E-state index contributed by atoms with van der Waals surface area (Å²) in [6.07, 6.45) is 28.8. The number of unbranched alkanes of at least 4 members (excludes halogenated alkanes) is 18. The highest BCUT2D eigenvalue weighted by molar-refractivity contribution is 5.40. The second-order valence-electron chi connectivity index (χ2n) is 12.0.